The van der Waals surface area contributed by atoms with Crippen molar-refractivity contribution in [2.75, 3.05) is 24.2 Å². The van der Waals surface area contributed by atoms with Crippen LogP contribution in [0.1, 0.15) is 37.6 Å². The van der Waals surface area contributed by atoms with E-state index >= 15 is 0 Å². The van der Waals surface area contributed by atoms with Crippen molar-refractivity contribution in [3.05, 3.63) is 23.8 Å². The highest BCUT2D eigenvalue weighted by Gasteiger charge is 2.37. The third-order valence-electron chi connectivity index (χ3n) is 3.93. The number of nitrogen functional groups attached to an aromatic ring is 1. The Kier molecular flexibility index (Phi) is 4.18. The first-order valence-corrected chi connectivity index (χ1v) is 7.04. The predicted molar refractivity (Wildman–Crippen MR) is 80.9 cm³/mol. The molecule has 5 heteroatoms. The maximum atomic E-state index is 12.1. The molecule has 0 aliphatic carbocycles. The topological polar surface area (TPSA) is 76.4 Å². The van der Waals surface area contributed by atoms with Gasteiger partial charge >= 0.3 is 0 Å². The highest BCUT2D eigenvalue weighted by atomic mass is 16.5. The van der Waals surface area contributed by atoms with E-state index in [1.165, 1.54) is 0 Å². The van der Waals surface area contributed by atoms with Crippen LogP contribution in [-0.2, 0) is 4.74 Å². The van der Waals surface area contributed by atoms with Crippen molar-refractivity contribution in [2.24, 2.45) is 0 Å². The monoisotopic (exact) mass is 277 g/mol. The van der Waals surface area contributed by atoms with Crippen LogP contribution in [0.2, 0.25) is 0 Å². The third-order valence-corrected chi connectivity index (χ3v) is 3.93. The van der Waals surface area contributed by atoms with Gasteiger partial charge in [-0.3, -0.25) is 4.79 Å². The average Bonchev–Trinajstić information content (AvgIpc) is 2.69. The number of ether oxygens (including phenoxy) is 1. The van der Waals surface area contributed by atoms with Gasteiger partial charge in [0.2, 0.25) is 0 Å². The molecule has 1 aromatic rings. The molecule has 2 rings (SSSR count). The number of nitrogens with two attached hydrogens (primary N) is 1. The molecule has 4 N–H and O–H groups in total. The van der Waals surface area contributed by atoms with Crippen molar-refractivity contribution in [2.45, 2.75) is 38.8 Å². The van der Waals surface area contributed by atoms with Gasteiger partial charge in [-0.15, -0.1) is 0 Å². The lowest BCUT2D eigenvalue weighted by Gasteiger charge is -2.31. The first-order chi connectivity index (χ1) is 9.46. The van der Waals surface area contributed by atoms with Gasteiger partial charge in [0, 0.05) is 24.5 Å². The van der Waals surface area contributed by atoms with Gasteiger partial charge in [-0.2, -0.15) is 0 Å². The summed E-state index contributed by atoms with van der Waals surface area (Å²) in [5.74, 6) is -0.0924. The molecule has 1 amide bonds. The van der Waals surface area contributed by atoms with E-state index in [1.54, 1.807) is 18.2 Å². The van der Waals surface area contributed by atoms with E-state index in [-0.39, 0.29) is 17.6 Å². The standard InChI is InChI=1S/C15H23N3O2/c1-4-17-14(19)12-6-5-11(16)9-13(12)18-15(3)7-8-20-10(15)2/h5-6,9-10,18H,4,7-8,16H2,1-3H3,(H,17,19). The van der Waals surface area contributed by atoms with Crippen LogP contribution in [-0.4, -0.2) is 30.7 Å². The number of rotatable bonds is 4. The van der Waals surface area contributed by atoms with E-state index in [9.17, 15) is 4.79 Å². The van der Waals surface area contributed by atoms with Gasteiger partial charge < -0.3 is 21.1 Å². The lowest BCUT2D eigenvalue weighted by atomic mass is 9.93. The van der Waals surface area contributed by atoms with Crippen LogP contribution >= 0.6 is 0 Å². The molecule has 0 bridgehead atoms. The van der Waals surface area contributed by atoms with Gasteiger partial charge in [0.25, 0.3) is 5.91 Å². The van der Waals surface area contributed by atoms with E-state index in [2.05, 4.69) is 17.6 Å². The number of hydrogen-bond donors (Lipinski definition) is 3. The van der Waals surface area contributed by atoms with Crippen LogP contribution in [0, 0.1) is 0 Å². The van der Waals surface area contributed by atoms with Gasteiger partial charge in [0.1, 0.15) is 0 Å². The van der Waals surface area contributed by atoms with Crippen molar-refractivity contribution in [1.82, 2.24) is 5.32 Å². The van der Waals surface area contributed by atoms with Crippen LogP contribution in [0.25, 0.3) is 0 Å². The van der Waals surface area contributed by atoms with Crippen molar-refractivity contribution in [3.63, 3.8) is 0 Å². The number of carbonyl (C=O) groups excluding carboxylic acids is 1. The average molecular weight is 277 g/mol. The van der Waals surface area contributed by atoms with Gasteiger partial charge in [-0.05, 0) is 45.4 Å². The maximum absolute atomic E-state index is 12.1. The van der Waals surface area contributed by atoms with Gasteiger partial charge in [-0.1, -0.05) is 0 Å². The fourth-order valence-corrected chi connectivity index (χ4v) is 2.43. The third kappa shape index (κ3) is 2.88. The number of amides is 1. The Bertz CT molecular complexity index is 504. The summed E-state index contributed by atoms with van der Waals surface area (Å²) in [6, 6.07) is 5.31. The Balaban J connectivity index is 2.30. The van der Waals surface area contributed by atoms with Crippen LogP contribution in [0.5, 0.6) is 0 Å². The fourth-order valence-electron chi connectivity index (χ4n) is 2.43. The molecule has 0 saturated carbocycles. The summed E-state index contributed by atoms with van der Waals surface area (Å²) in [7, 11) is 0. The summed E-state index contributed by atoms with van der Waals surface area (Å²) in [6.07, 6.45) is 0.990. The van der Waals surface area contributed by atoms with Crippen molar-refractivity contribution in [3.8, 4) is 0 Å². The lowest BCUT2D eigenvalue weighted by Crippen LogP contribution is -2.42. The molecule has 20 heavy (non-hydrogen) atoms. The number of carbonyl (C=O) groups is 1. The van der Waals surface area contributed by atoms with Crippen LogP contribution < -0.4 is 16.4 Å². The minimum absolute atomic E-state index is 0.0889. The van der Waals surface area contributed by atoms with Crippen LogP contribution in [0.15, 0.2) is 18.2 Å². The molecule has 110 valence electrons. The molecule has 1 aliphatic rings. The summed E-state index contributed by atoms with van der Waals surface area (Å²) in [5.41, 5.74) is 7.67. The Hall–Kier alpha value is -1.75. The molecule has 1 aliphatic heterocycles. The predicted octanol–water partition coefficient (Wildman–Crippen LogP) is 2.00. The van der Waals surface area contributed by atoms with Crippen molar-refractivity contribution in [1.29, 1.82) is 0 Å². The molecular formula is C15H23N3O2. The minimum atomic E-state index is -0.185. The molecule has 2 atom stereocenters. The summed E-state index contributed by atoms with van der Waals surface area (Å²) >= 11 is 0. The largest absolute Gasteiger partial charge is 0.399 e. The van der Waals surface area contributed by atoms with Gasteiger partial charge in [0.05, 0.1) is 17.2 Å². The minimum Gasteiger partial charge on any atom is -0.399 e. The molecule has 0 radical (unpaired) electrons. The van der Waals surface area contributed by atoms with E-state index in [4.69, 9.17) is 10.5 Å². The normalized spacial score (nSPS) is 25.4. The maximum Gasteiger partial charge on any atom is 0.253 e. The summed E-state index contributed by atoms with van der Waals surface area (Å²) in [6.45, 7) is 7.37. The lowest BCUT2D eigenvalue weighted by molar-refractivity contribution is 0.0954. The Morgan fingerprint density at radius 1 is 1.55 bits per heavy atom. The van der Waals surface area contributed by atoms with Crippen LogP contribution in [0.4, 0.5) is 11.4 Å². The zero-order valence-corrected chi connectivity index (χ0v) is 12.3. The Morgan fingerprint density at radius 3 is 2.90 bits per heavy atom. The first kappa shape index (κ1) is 14.7. The number of benzene rings is 1. The van der Waals surface area contributed by atoms with Crippen LogP contribution in [0.3, 0.4) is 0 Å². The number of anilines is 2. The van der Waals surface area contributed by atoms with Crippen molar-refractivity contribution < 1.29 is 9.53 Å². The highest BCUT2D eigenvalue weighted by molar-refractivity contribution is 6.00. The summed E-state index contributed by atoms with van der Waals surface area (Å²) in [5, 5.41) is 6.27. The highest BCUT2D eigenvalue weighted by Crippen LogP contribution is 2.31. The van der Waals surface area contributed by atoms with Gasteiger partial charge in [-0.25, -0.2) is 0 Å². The zero-order chi connectivity index (χ0) is 14.8. The Labute approximate surface area is 119 Å². The van der Waals surface area contributed by atoms with E-state index in [1.807, 2.05) is 13.8 Å². The summed E-state index contributed by atoms with van der Waals surface area (Å²) < 4.78 is 5.62. The van der Waals surface area contributed by atoms with E-state index < -0.39 is 0 Å². The van der Waals surface area contributed by atoms with Gasteiger partial charge in [0.15, 0.2) is 0 Å². The molecule has 1 fully saturated rings. The van der Waals surface area contributed by atoms with Crippen molar-refractivity contribution >= 4 is 17.3 Å². The first-order valence-electron chi connectivity index (χ1n) is 7.04. The quantitative estimate of drug-likeness (QED) is 0.736. The Morgan fingerprint density at radius 2 is 2.30 bits per heavy atom. The molecule has 2 unspecified atom stereocenters. The molecule has 1 saturated heterocycles. The molecule has 1 heterocycles. The SMILES string of the molecule is CCNC(=O)c1ccc(N)cc1NC1(C)CCOC1C. The molecule has 0 aromatic heterocycles. The second-order valence-electron chi connectivity index (χ2n) is 5.47. The summed E-state index contributed by atoms with van der Waals surface area (Å²) in [4.78, 5) is 12.1. The number of nitrogens with one attached hydrogen (secondary N) is 2. The van der Waals surface area contributed by atoms with E-state index in [0.717, 1.165) is 18.7 Å². The second-order valence-corrected chi connectivity index (χ2v) is 5.47. The molecule has 5 nitrogen and oxygen atoms in total. The zero-order valence-electron chi connectivity index (χ0n) is 12.3. The molecule has 0 spiro atoms. The second kappa shape index (κ2) is 5.71. The van der Waals surface area contributed by atoms with E-state index in [0.29, 0.717) is 17.8 Å². The number of hydrogen-bond acceptors (Lipinski definition) is 4. The molecular weight excluding hydrogens is 254 g/mol. The molecule has 1 aromatic carbocycles. The fraction of sp³-hybridized carbons (Fsp3) is 0.533. The smallest absolute Gasteiger partial charge is 0.253 e.